The van der Waals surface area contributed by atoms with Crippen molar-refractivity contribution >= 4 is 81.1 Å². The minimum Gasteiger partial charge on any atom is -0.310 e. The molecule has 0 fully saturated rings. The van der Waals surface area contributed by atoms with Crippen LogP contribution < -0.4 is 4.90 Å². The van der Waals surface area contributed by atoms with Gasteiger partial charge in [0, 0.05) is 59.1 Å². The minimum absolute atomic E-state index is 1.12. The summed E-state index contributed by atoms with van der Waals surface area (Å²) >= 11 is 1.86. The number of aromatic nitrogens is 1. The predicted molar refractivity (Wildman–Crippen MR) is 211 cm³/mol. The molecule has 2 aromatic heterocycles. The Morgan fingerprint density at radius 1 is 0.388 bits per heavy atom. The van der Waals surface area contributed by atoms with E-state index < -0.39 is 0 Å². The lowest BCUT2D eigenvalue weighted by atomic mass is 10.0. The number of para-hydroxylation sites is 2. The van der Waals surface area contributed by atoms with Gasteiger partial charge in [-0.05, 0) is 83.2 Å². The van der Waals surface area contributed by atoms with Crippen LogP contribution in [0.1, 0.15) is 0 Å². The second-order valence-corrected chi connectivity index (χ2v) is 13.7. The number of anilines is 3. The van der Waals surface area contributed by atoms with E-state index in [1.54, 1.807) is 0 Å². The molecule has 0 N–H and O–H groups in total. The fraction of sp³-hybridized carbons (Fsp3) is 0. The largest absolute Gasteiger partial charge is 0.310 e. The molecular formula is C46H30N2S. The highest BCUT2D eigenvalue weighted by molar-refractivity contribution is 7.25. The molecule has 8 aromatic carbocycles. The molecular weight excluding hydrogens is 613 g/mol. The Labute approximate surface area is 288 Å². The molecule has 0 bridgehead atoms. The van der Waals surface area contributed by atoms with Crippen LogP contribution in [0.3, 0.4) is 0 Å². The Hall–Kier alpha value is -6.16. The predicted octanol–water partition coefficient (Wildman–Crippen LogP) is 13.4. The second-order valence-electron chi connectivity index (χ2n) is 12.6. The van der Waals surface area contributed by atoms with Gasteiger partial charge < -0.3 is 9.47 Å². The molecule has 0 atom stereocenters. The standard InChI is InChI=1S/C46H30N2S/c1-3-11-31(12-4-1)32-19-23-35(24-20-32)47(37-26-28-45-42(30-37)39-16-8-10-18-44(39)49-45)36-25-21-33-22-27-40-38-15-7-9-17-43(38)48(46(40)41(33)29-36)34-13-5-2-6-14-34/h1-30H. The van der Waals surface area contributed by atoms with E-state index in [1.165, 1.54) is 63.9 Å². The Balaban J connectivity index is 1.23. The summed E-state index contributed by atoms with van der Waals surface area (Å²) in [5.41, 5.74) is 9.40. The number of fused-ring (bicyclic) bond motifs is 8. The Bertz CT molecular complexity index is 2810. The lowest BCUT2D eigenvalue weighted by molar-refractivity contribution is 1.19. The third-order valence-corrected chi connectivity index (χ3v) is 10.9. The summed E-state index contributed by atoms with van der Waals surface area (Å²) in [6.07, 6.45) is 0. The van der Waals surface area contributed by atoms with Crippen molar-refractivity contribution < 1.29 is 0 Å². The smallest absolute Gasteiger partial charge is 0.0620 e. The van der Waals surface area contributed by atoms with Crippen LogP contribution in [0.4, 0.5) is 17.1 Å². The molecule has 230 valence electrons. The van der Waals surface area contributed by atoms with E-state index in [4.69, 9.17) is 0 Å². The van der Waals surface area contributed by atoms with E-state index in [0.717, 1.165) is 22.7 Å². The summed E-state index contributed by atoms with van der Waals surface area (Å²) in [6.45, 7) is 0. The highest BCUT2D eigenvalue weighted by atomic mass is 32.1. The van der Waals surface area contributed by atoms with E-state index in [2.05, 4.69) is 191 Å². The normalized spacial score (nSPS) is 11.7. The molecule has 0 saturated heterocycles. The van der Waals surface area contributed by atoms with Crippen LogP contribution in [0.15, 0.2) is 182 Å². The Kier molecular flexibility index (Phi) is 6.39. The quantitative estimate of drug-likeness (QED) is 0.181. The molecule has 49 heavy (non-hydrogen) atoms. The molecule has 0 unspecified atom stereocenters. The van der Waals surface area contributed by atoms with Gasteiger partial charge in [0.1, 0.15) is 0 Å². The fourth-order valence-electron chi connectivity index (χ4n) is 7.49. The zero-order chi connectivity index (χ0) is 32.3. The van der Waals surface area contributed by atoms with Crippen molar-refractivity contribution in [2.75, 3.05) is 4.90 Å². The number of thiophene rings is 1. The zero-order valence-electron chi connectivity index (χ0n) is 26.6. The van der Waals surface area contributed by atoms with E-state index in [0.29, 0.717) is 0 Å². The number of nitrogens with zero attached hydrogens (tertiary/aromatic N) is 2. The summed E-state index contributed by atoms with van der Waals surface area (Å²) in [5.74, 6) is 0. The van der Waals surface area contributed by atoms with Gasteiger partial charge in [-0.15, -0.1) is 11.3 Å². The molecule has 10 aromatic rings. The van der Waals surface area contributed by atoms with Gasteiger partial charge in [0.05, 0.1) is 11.0 Å². The number of hydrogen-bond acceptors (Lipinski definition) is 2. The summed E-state index contributed by atoms with van der Waals surface area (Å²) in [5, 5.41) is 7.55. The SMILES string of the molecule is c1ccc(-c2ccc(N(c3ccc4sc5ccccc5c4c3)c3ccc4ccc5c6ccccc6n(-c6ccccc6)c5c4c3)cc2)cc1. The molecule has 0 saturated carbocycles. The molecule has 0 radical (unpaired) electrons. The van der Waals surface area contributed by atoms with Crippen molar-refractivity contribution in [1.82, 2.24) is 4.57 Å². The average molecular weight is 643 g/mol. The summed E-state index contributed by atoms with van der Waals surface area (Å²) in [7, 11) is 0. The molecule has 0 aliphatic rings. The first-order valence-corrected chi connectivity index (χ1v) is 17.5. The van der Waals surface area contributed by atoms with Gasteiger partial charge in [0.25, 0.3) is 0 Å². The summed E-state index contributed by atoms with van der Waals surface area (Å²) in [4.78, 5) is 2.41. The molecule has 3 heteroatoms. The van der Waals surface area contributed by atoms with Gasteiger partial charge in [-0.1, -0.05) is 115 Å². The fourth-order valence-corrected chi connectivity index (χ4v) is 8.57. The van der Waals surface area contributed by atoms with E-state index in [9.17, 15) is 0 Å². The second kappa shape index (κ2) is 11.2. The topological polar surface area (TPSA) is 8.17 Å². The van der Waals surface area contributed by atoms with Crippen LogP contribution in [-0.4, -0.2) is 4.57 Å². The van der Waals surface area contributed by atoms with Crippen molar-refractivity contribution in [3.63, 3.8) is 0 Å². The highest BCUT2D eigenvalue weighted by Crippen LogP contribution is 2.43. The Morgan fingerprint density at radius 3 is 1.80 bits per heavy atom. The van der Waals surface area contributed by atoms with Crippen LogP contribution >= 0.6 is 11.3 Å². The van der Waals surface area contributed by atoms with Gasteiger partial charge in [-0.25, -0.2) is 0 Å². The number of benzene rings is 8. The minimum atomic E-state index is 1.12. The third-order valence-electron chi connectivity index (χ3n) is 9.76. The van der Waals surface area contributed by atoms with Crippen LogP contribution in [0.2, 0.25) is 0 Å². The monoisotopic (exact) mass is 642 g/mol. The maximum atomic E-state index is 2.43. The first-order chi connectivity index (χ1) is 24.3. The van der Waals surface area contributed by atoms with Gasteiger partial charge in [-0.3, -0.25) is 0 Å². The molecule has 0 amide bonds. The van der Waals surface area contributed by atoms with Crippen molar-refractivity contribution in [1.29, 1.82) is 0 Å². The van der Waals surface area contributed by atoms with E-state index >= 15 is 0 Å². The van der Waals surface area contributed by atoms with Crippen molar-refractivity contribution in [3.05, 3.63) is 182 Å². The highest BCUT2D eigenvalue weighted by Gasteiger charge is 2.19. The summed E-state index contributed by atoms with van der Waals surface area (Å²) in [6, 6.07) is 66.2. The number of hydrogen-bond donors (Lipinski definition) is 0. The van der Waals surface area contributed by atoms with Gasteiger partial charge in [-0.2, -0.15) is 0 Å². The van der Waals surface area contributed by atoms with E-state index in [1.807, 2.05) is 11.3 Å². The van der Waals surface area contributed by atoms with Gasteiger partial charge in [0.15, 0.2) is 0 Å². The van der Waals surface area contributed by atoms with Crippen molar-refractivity contribution in [2.24, 2.45) is 0 Å². The molecule has 0 aliphatic heterocycles. The van der Waals surface area contributed by atoms with Gasteiger partial charge >= 0.3 is 0 Å². The summed E-state index contributed by atoms with van der Waals surface area (Å²) < 4.78 is 5.05. The first-order valence-electron chi connectivity index (χ1n) is 16.7. The van der Waals surface area contributed by atoms with Gasteiger partial charge in [0.2, 0.25) is 0 Å². The molecule has 2 heterocycles. The maximum Gasteiger partial charge on any atom is 0.0620 e. The van der Waals surface area contributed by atoms with Crippen LogP contribution in [-0.2, 0) is 0 Å². The lowest BCUT2D eigenvalue weighted by Crippen LogP contribution is -2.10. The van der Waals surface area contributed by atoms with Crippen molar-refractivity contribution in [2.45, 2.75) is 0 Å². The maximum absolute atomic E-state index is 2.43. The molecule has 0 aliphatic carbocycles. The zero-order valence-corrected chi connectivity index (χ0v) is 27.4. The van der Waals surface area contributed by atoms with Crippen LogP contribution in [0.5, 0.6) is 0 Å². The Morgan fingerprint density at radius 2 is 0.980 bits per heavy atom. The van der Waals surface area contributed by atoms with Crippen LogP contribution in [0.25, 0.3) is 69.6 Å². The van der Waals surface area contributed by atoms with Crippen molar-refractivity contribution in [3.8, 4) is 16.8 Å². The third kappa shape index (κ3) is 4.55. The number of rotatable bonds is 5. The first kappa shape index (κ1) is 27.9. The molecule has 2 nitrogen and oxygen atoms in total. The lowest BCUT2D eigenvalue weighted by Gasteiger charge is -2.26. The average Bonchev–Trinajstić information content (AvgIpc) is 3.72. The molecule has 0 spiro atoms. The van der Waals surface area contributed by atoms with Crippen LogP contribution in [0, 0.1) is 0 Å². The molecule has 10 rings (SSSR count). The van der Waals surface area contributed by atoms with E-state index in [-0.39, 0.29) is 0 Å².